The van der Waals surface area contributed by atoms with Gasteiger partial charge < -0.3 is 19.5 Å². The van der Waals surface area contributed by atoms with E-state index in [9.17, 15) is 4.79 Å². The van der Waals surface area contributed by atoms with Crippen molar-refractivity contribution in [2.45, 2.75) is 18.9 Å². The molecule has 1 saturated heterocycles. The molecule has 3 rings (SSSR count). The molecule has 0 aliphatic carbocycles. The number of likely N-dealkylation sites (tertiary alicyclic amines) is 1. The van der Waals surface area contributed by atoms with Crippen molar-refractivity contribution < 1.29 is 14.4 Å². The fourth-order valence-corrected chi connectivity index (χ4v) is 3.43. The van der Waals surface area contributed by atoms with Gasteiger partial charge in [-0.15, -0.1) is 0 Å². The average Bonchev–Trinajstić information content (AvgIpc) is 3.15. The lowest BCUT2D eigenvalue weighted by Gasteiger charge is -2.21. The third-order valence-electron chi connectivity index (χ3n) is 4.57. The highest BCUT2D eigenvalue weighted by atomic mass is 16.5. The van der Waals surface area contributed by atoms with Crippen LogP contribution in [0.2, 0.25) is 0 Å². The first-order valence-corrected chi connectivity index (χ1v) is 8.07. The van der Waals surface area contributed by atoms with Gasteiger partial charge in [0.2, 0.25) is 0 Å². The molecule has 1 unspecified atom stereocenters. The third-order valence-corrected chi connectivity index (χ3v) is 4.57. The van der Waals surface area contributed by atoms with Crippen molar-refractivity contribution in [3.63, 3.8) is 0 Å². The molecule has 5 heteroatoms. The van der Waals surface area contributed by atoms with Gasteiger partial charge in [0.25, 0.3) is 5.91 Å². The molecule has 1 aromatic heterocycles. The molecule has 23 heavy (non-hydrogen) atoms. The van der Waals surface area contributed by atoms with E-state index in [-0.39, 0.29) is 5.91 Å². The van der Waals surface area contributed by atoms with Crippen LogP contribution in [-0.2, 0) is 11.8 Å². The number of nitrogens with zero attached hydrogens (tertiary/aromatic N) is 1. The molecule has 1 fully saturated rings. The Kier molecular flexibility index (Phi) is 4.67. The molecule has 2 N–H and O–H groups in total. The topological polar surface area (TPSA) is 47.7 Å². The van der Waals surface area contributed by atoms with Gasteiger partial charge in [-0.1, -0.05) is 6.07 Å². The molecular weight excluding hydrogens is 290 g/mol. The highest BCUT2D eigenvalue weighted by Gasteiger charge is 2.32. The van der Waals surface area contributed by atoms with Crippen LogP contribution in [0.1, 0.15) is 24.6 Å². The summed E-state index contributed by atoms with van der Waals surface area (Å²) in [5, 5.41) is 2.98. The molecule has 0 radical (unpaired) electrons. The van der Waals surface area contributed by atoms with E-state index in [0.29, 0.717) is 12.6 Å². The minimum atomic E-state index is 0.0503. The van der Waals surface area contributed by atoms with Crippen LogP contribution in [0, 0.1) is 0 Å². The minimum Gasteiger partial charge on any atom is -0.497 e. The van der Waals surface area contributed by atoms with Crippen molar-refractivity contribution in [1.82, 2.24) is 4.57 Å². The predicted molar refractivity (Wildman–Crippen MR) is 89.7 cm³/mol. The largest absolute Gasteiger partial charge is 0.497 e. The Balaban J connectivity index is 1.64. The van der Waals surface area contributed by atoms with E-state index in [4.69, 9.17) is 4.74 Å². The Morgan fingerprint density at radius 2 is 2.26 bits per heavy atom. The van der Waals surface area contributed by atoms with Crippen molar-refractivity contribution in [1.29, 1.82) is 0 Å². The summed E-state index contributed by atoms with van der Waals surface area (Å²) >= 11 is 0. The molecule has 1 aliphatic rings. The highest BCUT2D eigenvalue weighted by molar-refractivity contribution is 5.91. The Labute approximate surface area is 136 Å². The number of ether oxygens (including phenoxy) is 1. The molecule has 1 aromatic carbocycles. The van der Waals surface area contributed by atoms with Gasteiger partial charge in [0.15, 0.2) is 6.54 Å². The number of aromatic nitrogens is 1. The lowest BCUT2D eigenvalue weighted by atomic mass is 10.1. The zero-order chi connectivity index (χ0) is 16.2. The quantitative estimate of drug-likeness (QED) is 0.876. The van der Waals surface area contributed by atoms with Crippen LogP contribution in [0.25, 0.3) is 0 Å². The number of carbonyl (C=O) groups excluding carboxylic acids is 1. The second-order valence-corrected chi connectivity index (χ2v) is 6.10. The Morgan fingerprint density at radius 3 is 3.00 bits per heavy atom. The van der Waals surface area contributed by atoms with E-state index in [1.807, 2.05) is 24.3 Å². The summed E-state index contributed by atoms with van der Waals surface area (Å²) in [6, 6.07) is 12.1. The number of benzene rings is 1. The summed E-state index contributed by atoms with van der Waals surface area (Å²) in [5.41, 5.74) is 2.09. The zero-order valence-electron chi connectivity index (χ0n) is 13.7. The van der Waals surface area contributed by atoms with Gasteiger partial charge in [0.1, 0.15) is 11.8 Å². The molecule has 2 atom stereocenters. The molecule has 0 bridgehead atoms. The van der Waals surface area contributed by atoms with Crippen LogP contribution in [0.15, 0.2) is 42.6 Å². The second-order valence-electron chi connectivity index (χ2n) is 6.10. The summed E-state index contributed by atoms with van der Waals surface area (Å²) in [6.07, 6.45) is 4.37. The van der Waals surface area contributed by atoms with Crippen molar-refractivity contribution in [3.8, 4) is 5.75 Å². The molecule has 1 aliphatic heterocycles. The number of amides is 1. The predicted octanol–water partition coefficient (Wildman–Crippen LogP) is 1.39. The summed E-state index contributed by atoms with van der Waals surface area (Å²) in [7, 11) is 3.70. The van der Waals surface area contributed by atoms with E-state index in [1.165, 1.54) is 10.6 Å². The molecular formula is C18H24N3O2+. The van der Waals surface area contributed by atoms with Crippen LogP contribution < -0.4 is 15.0 Å². The Morgan fingerprint density at radius 1 is 1.39 bits per heavy atom. The Hall–Kier alpha value is -2.27. The fourth-order valence-electron chi connectivity index (χ4n) is 3.43. The number of nitrogens with one attached hydrogen (secondary N) is 2. The first-order chi connectivity index (χ1) is 11.2. The summed E-state index contributed by atoms with van der Waals surface area (Å²) in [4.78, 5) is 13.7. The lowest BCUT2D eigenvalue weighted by Crippen LogP contribution is -3.11. The molecule has 5 nitrogen and oxygen atoms in total. The second kappa shape index (κ2) is 6.87. The number of anilines is 1. The third kappa shape index (κ3) is 3.56. The monoisotopic (exact) mass is 314 g/mol. The first-order valence-electron chi connectivity index (χ1n) is 8.07. The van der Waals surface area contributed by atoms with Crippen LogP contribution in [0.4, 0.5) is 5.69 Å². The molecule has 0 spiro atoms. The van der Waals surface area contributed by atoms with Crippen LogP contribution in [-0.4, -0.2) is 30.7 Å². The normalized spacial score (nSPS) is 20.4. The summed E-state index contributed by atoms with van der Waals surface area (Å²) < 4.78 is 7.35. The SMILES string of the molecule is COc1cccc(NC(=O)C[NH+]2CCC[C@@H]2c2cccn2C)c1. The highest BCUT2D eigenvalue weighted by Crippen LogP contribution is 2.19. The number of aryl methyl sites for hydroxylation is 1. The first kappa shape index (κ1) is 15.6. The average molecular weight is 314 g/mol. The van der Waals surface area contributed by atoms with Crippen molar-refractivity contribution in [2.75, 3.05) is 25.5 Å². The number of quaternary nitrogens is 1. The molecule has 2 heterocycles. The van der Waals surface area contributed by atoms with Crippen molar-refractivity contribution in [3.05, 3.63) is 48.3 Å². The van der Waals surface area contributed by atoms with Gasteiger partial charge in [-0.2, -0.15) is 0 Å². The van der Waals surface area contributed by atoms with Gasteiger partial charge in [-0.3, -0.25) is 4.79 Å². The van der Waals surface area contributed by atoms with Gasteiger partial charge >= 0.3 is 0 Å². The minimum absolute atomic E-state index is 0.0503. The lowest BCUT2D eigenvalue weighted by molar-refractivity contribution is -0.910. The van der Waals surface area contributed by atoms with E-state index >= 15 is 0 Å². The van der Waals surface area contributed by atoms with E-state index in [2.05, 4.69) is 35.3 Å². The van der Waals surface area contributed by atoms with Gasteiger partial charge in [0.05, 0.1) is 19.3 Å². The van der Waals surface area contributed by atoms with Crippen LogP contribution >= 0.6 is 0 Å². The number of hydrogen-bond donors (Lipinski definition) is 2. The molecule has 122 valence electrons. The van der Waals surface area contributed by atoms with E-state index in [1.54, 1.807) is 7.11 Å². The number of methoxy groups -OCH3 is 1. The van der Waals surface area contributed by atoms with Crippen molar-refractivity contribution in [2.24, 2.45) is 7.05 Å². The summed E-state index contributed by atoms with van der Waals surface area (Å²) in [5.74, 6) is 0.798. The van der Waals surface area contributed by atoms with Crippen molar-refractivity contribution >= 4 is 11.6 Å². The van der Waals surface area contributed by atoms with Gasteiger partial charge in [-0.25, -0.2) is 0 Å². The number of hydrogen-bond acceptors (Lipinski definition) is 2. The van der Waals surface area contributed by atoms with E-state index in [0.717, 1.165) is 30.8 Å². The number of carbonyl (C=O) groups is 1. The van der Waals surface area contributed by atoms with Crippen LogP contribution in [0.5, 0.6) is 5.75 Å². The number of rotatable bonds is 5. The standard InChI is InChI=1S/C18H23N3O2/c1-20-10-4-8-16(20)17-9-5-11-21(17)13-18(22)19-14-6-3-7-15(12-14)23-2/h3-4,6-8,10,12,17H,5,9,11,13H2,1-2H3,(H,19,22)/p+1/t17-/m1/s1. The maximum absolute atomic E-state index is 12.4. The maximum atomic E-state index is 12.4. The zero-order valence-corrected chi connectivity index (χ0v) is 13.7. The molecule has 2 aromatic rings. The molecule has 0 saturated carbocycles. The van der Waals surface area contributed by atoms with Crippen LogP contribution in [0.3, 0.4) is 0 Å². The van der Waals surface area contributed by atoms with Gasteiger partial charge in [0, 0.05) is 37.8 Å². The van der Waals surface area contributed by atoms with E-state index < -0.39 is 0 Å². The summed E-state index contributed by atoms with van der Waals surface area (Å²) in [6.45, 7) is 1.54. The fraction of sp³-hybridized carbons (Fsp3) is 0.389. The molecule has 1 amide bonds. The van der Waals surface area contributed by atoms with Gasteiger partial charge in [-0.05, 0) is 24.3 Å². The Bertz CT molecular complexity index is 680. The smallest absolute Gasteiger partial charge is 0.279 e. The maximum Gasteiger partial charge on any atom is 0.279 e.